The Morgan fingerprint density at radius 2 is 1.75 bits per heavy atom. The Morgan fingerprint density at radius 3 is 2.36 bits per heavy atom. The molecule has 0 aliphatic rings. The highest BCUT2D eigenvalue weighted by Crippen LogP contribution is 2.34. The standard InChI is InChI=1S/C21H22N2O4S/c1-13(2)21(25)23-18(15-6-9-16(10-7-15)28(3,26)27)17-11-8-14-5-4-12-22-19(14)20(17)24/h4-13,18,24H,1-3H3,(H,23,25). The van der Waals surface area contributed by atoms with Crippen LogP contribution in [-0.4, -0.2) is 30.7 Å². The number of nitrogens with zero attached hydrogens (tertiary/aromatic N) is 1. The van der Waals surface area contributed by atoms with Crippen molar-refractivity contribution in [2.24, 2.45) is 5.92 Å². The number of aromatic hydroxyl groups is 1. The summed E-state index contributed by atoms with van der Waals surface area (Å²) in [5.41, 5.74) is 1.59. The highest BCUT2D eigenvalue weighted by molar-refractivity contribution is 7.90. The third-order valence-corrected chi connectivity index (χ3v) is 5.67. The van der Waals surface area contributed by atoms with Crippen molar-refractivity contribution in [3.8, 4) is 5.75 Å². The molecule has 0 saturated heterocycles. The van der Waals surface area contributed by atoms with E-state index in [4.69, 9.17) is 0 Å². The normalized spacial score (nSPS) is 12.9. The first-order valence-corrected chi connectivity index (χ1v) is 10.7. The first-order chi connectivity index (χ1) is 13.2. The Balaban J connectivity index is 2.12. The molecule has 0 fully saturated rings. The minimum absolute atomic E-state index is 0.0145. The number of phenols is 1. The summed E-state index contributed by atoms with van der Waals surface area (Å²) >= 11 is 0. The Kier molecular flexibility index (Phi) is 5.38. The number of carbonyl (C=O) groups is 1. The highest BCUT2D eigenvalue weighted by Gasteiger charge is 2.23. The number of phenolic OH excluding ortho intramolecular Hbond substituents is 1. The number of hydrogen-bond acceptors (Lipinski definition) is 5. The fraction of sp³-hybridized carbons (Fsp3) is 0.238. The second-order valence-electron chi connectivity index (χ2n) is 7.02. The van der Waals surface area contributed by atoms with E-state index in [1.807, 2.05) is 12.1 Å². The van der Waals surface area contributed by atoms with Crippen LogP contribution in [0.3, 0.4) is 0 Å². The predicted octanol–water partition coefficient (Wildman–Crippen LogP) is 3.21. The van der Waals surface area contributed by atoms with E-state index in [0.29, 0.717) is 16.6 Å². The van der Waals surface area contributed by atoms with Gasteiger partial charge in [-0.3, -0.25) is 9.78 Å². The maximum Gasteiger partial charge on any atom is 0.223 e. The van der Waals surface area contributed by atoms with E-state index in [1.54, 1.807) is 44.3 Å². The summed E-state index contributed by atoms with van der Waals surface area (Å²) in [5.74, 6) is -0.449. The Hall–Kier alpha value is -2.93. The molecule has 0 aliphatic heterocycles. The Labute approximate surface area is 164 Å². The fourth-order valence-corrected chi connectivity index (χ4v) is 3.57. The van der Waals surface area contributed by atoms with Gasteiger partial charge in [0.1, 0.15) is 11.3 Å². The first kappa shape index (κ1) is 19.8. The van der Waals surface area contributed by atoms with Gasteiger partial charge in [-0.15, -0.1) is 0 Å². The molecule has 1 aromatic heterocycles. The van der Waals surface area contributed by atoms with Gasteiger partial charge in [-0.1, -0.05) is 44.2 Å². The second-order valence-corrected chi connectivity index (χ2v) is 9.03. The number of fused-ring (bicyclic) bond motifs is 1. The van der Waals surface area contributed by atoms with Gasteiger partial charge in [0.2, 0.25) is 5.91 Å². The number of aromatic nitrogens is 1. The molecule has 3 aromatic rings. The number of amides is 1. The van der Waals surface area contributed by atoms with Crippen molar-refractivity contribution < 1.29 is 18.3 Å². The molecular weight excluding hydrogens is 376 g/mol. The zero-order chi connectivity index (χ0) is 20.5. The molecule has 0 radical (unpaired) electrons. The molecule has 6 nitrogen and oxygen atoms in total. The van der Waals surface area contributed by atoms with Crippen molar-refractivity contribution >= 4 is 26.6 Å². The van der Waals surface area contributed by atoms with Crippen LogP contribution >= 0.6 is 0 Å². The van der Waals surface area contributed by atoms with Gasteiger partial charge in [0.15, 0.2) is 9.84 Å². The van der Waals surface area contributed by atoms with E-state index >= 15 is 0 Å². The number of sulfone groups is 1. The lowest BCUT2D eigenvalue weighted by atomic mass is 9.95. The quantitative estimate of drug-likeness (QED) is 0.688. The average Bonchev–Trinajstić information content (AvgIpc) is 2.66. The van der Waals surface area contributed by atoms with Crippen molar-refractivity contribution in [1.82, 2.24) is 10.3 Å². The third kappa shape index (κ3) is 3.99. The van der Waals surface area contributed by atoms with Crippen molar-refractivity contribution in [2.45, 2.75) is 24.8 Å². The molecule has 0 saturated carbocycles. The number of nitrogens with one attached hydrogen (secondary N) is 1. The van der Waals surface area contributed by atoms with Crippen LogP contribution in [0.5, 0.6) is 5.75 Å². The summed E-state index contributed by atoms with van der Waals surface area (Å²) in [6, 6.07) is 12.8. The molecule has 0 aliphatic carbocycles. The second kappa shape index (κ2) is 7.59. The molecule has 2 aromatic carbocycles. The molecule has 2 N–H and O–H groups in total. The van der Waals surface area contributed by atoms with Gasteiger partial charge < -0.3 is 10.4 Å². The lowest BCUT2D eigenvalue weighted by Gasteiger charge is -2.22. The monoisotopic (exact) mass is 398 g/mol. The van der Waals surface area contributed by atoms with Crippen LogP contribution < -0.4 is 5.32 Å². The molecule has 1 unspecified atom stereocenters. The van der Waals surface area contributed by atoms with Gasteiger partial charge in [0.25, 0.3) is 0 Å². The minimum Gasteiger partial charge on any atom is -0.505 e. The van der Waals surface area contributed by atoms with E-state index in [9.17, 15) is 18.3 Å². The van der Waals surface area contributed by atoms with E-state index in [-0.39, 0.29) is 22.5 Å². The number of carbonyl (C=O) groups excluding carboxylic acids is 1. The van der Waals surface area contributed by atoms with Crippen LogP contribution in [0.25, 0.3) is 10.9 Å². The van der Waals surface area contributed by atoms with Crippen LogP contribution in [0.15, 0.2) is 59.6 Å². The summed E-state index contributed by atoms with van der Waals surface area (Å²) in [6.07, 6.45) is 2.73. The largest absolute Gasteiger partial charge is 0.505 e. The van der Waals surface area contributed by atoms with E-state index in [2.05, 4.69) is 10.3 Å². The zero-order valence-electron chi connectivity index (χ0n) is 15.9. The fourth-order valence-electron chi connectivity index (χ4n) is 2.94. The molecule has 0 spiro atoms. The predicted molar refractivity (Wildman–Crippen MR) is 108 cm³/mol. The molecular formula is C21H22N2O4S. The van der Waals surface area contributed by atoms with Gasteiger partial charge >= 0.3 is 0 Å². The lowest BCUT2D eigenvalue weighted by Crippen LogP contribution is -2.32. The molecule has 1 atom stereocenters. The average molecular weight is 398 g/mol. The topological polar surface area (TPSA) is 96.4 Å². The highest BCUT2D eigenvalue weighted by atomic mass is 32.2. The summed E-state index contributed by atoms with van der Waals surface area (Å²) in [5, 5.41) is 14.5. The van der Waals surface area contributed by atoms with Crippen LogP contribution in [-0.2, 0) is 14.6 Å². The molecule has 1 heterocycles. The van der Waals surface area contributed by atoms with Crippen LogP contribution in [0, 0.1) is 5.92 Å². The van der Waals surface area contributed by atoms with Crippen molar-refractivity contribution in [3.05, 3.63) is 65.9 Å². The third-order valence-electron chi connectivity index (χ3n) is 4.54. The molecule has 1 amide bonds. The first-order valence-electron chi connectivity index (χ1n) is 8.85. The van der Waals surface area contributed by atoms with Gasteiger partial charge in [-0.25, -0.2) is 8.42 Å². The van der Waals surface area contributed by atoms with Gasteiger partial charge in [0.05, 0.1) is 10.9 Å². The summed E-state index contributed by atoms with van der Waals surface area (Å²) in [7, 11) is -3.33. The summed E-state index contributed by atoms with van der Waals surface area (Å²) < 4.78 is 23.5. The van der Waals surface area contributed by atoms with Crippen molar-refractivity contribution in [3.63, 3.8) is 0 Å². The molecule has 3 rings (SSSR count). The molecule has 0 bridgehead atoms. The zero-order valence-corrected chi connectivity index (χ0v) is 16.7. The number of pyridine rings is 1. The lowest BCUT2D eigenvalue weighted by molar-refractivity contribution is -0.124. The van der Waals surface area contributed by atoms with Crippen LogP contribution in [0.4, 0.5) is 0 Å². The smallest absolute Gasteiger partial charge is 0.223 e. The Bertz CT molecular complexity index is 1120. The number of benzene rings is 2. The summed E-state index contributed by atoms with van der Waals surface area (Å²) in [6.45, 7) is 3.56. The summed E-state index contributed by atoms with van der Waals surface area (Å²) in [4.78, 5) is 16.8. The molecule has 7 heteroatoms. The molecule has 146 valence electrons. The minimum atomic E-state index is -3.33. The van der Waals surface area contributed by atoms with Crippen molar-refractivity contribution in [2.75, 3.05) is 6.26 Å². The van der Waals surface area contributed by atoms with Gasteiger partial charge in [-0.2, -0.15) is 0 Å². The van der Waals surface area contributed by atoms with Crippen LogP contribution in [0.2, 0.25) is 0 Å². The maximum atomic E-state index is 12.4. The van der Waals surface area contributed by atoms with Gasteiger partial charge in [0, 0.05) is 29.3 Å². The van der Waals surface area contributed by atoms with E-state index in [0.717, 1.165) is 11.6 Å². The number of rotatable bonds is 5. The molecule has 28 heavy (non-hydrogen) atoms. The van der Waals surface area contributed by atoms with E-state index < -0.39 is 15.9 Å². The Morgan fingerprint density at radius 1 is 1.07 bits per heavy atom. The maximum absolute atomic E-state index is 12.4. The van der Waals surface area contributed by atoms with Crippen LogP contribution in [0.1, 0.15) is 31.0 Å². The number of hydrogen-bond donors (Lipinski definition) is 2. The van der Waals surface area contributed by atoms with E-state index in [1.165, 1.54) is 12.1 Å². The SMILES string of the molecule is CC(C)C(=O)NC(c1ccc(S(C)(=O)=O)cc1)c1ccc2cccnc2c1O. The van der Waals surface area contributed by atoms with Crippen molar-refractivity contribution in [1.29, 1.82) is 0 Å². The van der Waals surface area contributed by atoms with Gasteiger partial charge in [-0.05, 0) is 23.8 Å².